The number of H-pyrrole nitrogens is 1. The maximum absolute atomic E-state index is 12.9. The first-order valence-electron chi connectivity index (χ1n) is 8.81. The van der Waals surface area contributed by atoms with Gasteiger partial charge >= 0.3 is 0 Å². The van der Waals surface area contributed by atoms with Crippen molar-refractivity contribution >= 4 is 16.8 Å². The van der Waals surface area contributed by atoms with Gasteiger partial charge in [0.05, 0.1) is 12.5 Å². The molecule has 0 aliphatic carbocycles. The topological polar surface area (TPSA) is 75.0 Å². The average Bonchev–Trinajstić information content (AvgIpc) is 3.34. The summed E-state index contributed by atoms with van der Waals surface area (Å²) in [7, 11) is 0. The van der Waals surface area contributed by atoms with Gasteiger partial charge in [0.25, 0.3) is 0 Å². The molecule has 1 amide bonds. The number of aromatic nitrogens is 3. The molecule has 0 spiro atoms. The summed E-state index contributed by atoms with van der Waals surface area (Å²) < 4.78 is 5.33. The van der Waals surface area contributed by atoms with E-state index in [0.717, 1.165) is 35.9 Å². The van der Waals surface area contributed by atoms with Crippen molar-refractivity contribution in [1.82, 2.24) is 20.0 Å². The van der Waals surface area contributed by atoms with Crippen molar-refractivity contribution < 1.29 is 9.32 Å². The molecule has 1 aliphatic heterocycles. The molecular formula is C19H22N4O2. The van der Waals surface area contributed by atoms with Gasteiger partial charge in [-0.15, -0.1) is 0 Å². The van der Waals surface area contributed by atoms with Crippen molar-refractivity contribution in [2.24, 2.45) is 0 Å². The second-order valence-corrected chi connectivity index (χ2v) is 6.93. The number of fused-ring (bicyclic) bond motifs is 1. The van der Waals surface area contributed by atoms with Crippen molar-refractivity contribution in [3.63, 3.8) is 0 Å². The number of hydrogen-bond donors (Lipinski definition) is 1. The Bertz CT molecular complexity index is 896. The van der Waals surface area contributed by atoms with Crippen LogP contribution in [-0.4, -0.2) is 32.5 Å². The number of amides is 1. The molecule has 1 atom stereocenters. The molecule has 1 aliphatic rings. The van der Waals surface area contributed by atoms with E-state index in [1.54, 1.807) is 0 Å². The Labute approximate surface area is 146 Å². The fraction of sp³-hybridized carbons (Fsp3) is 0.421. The Kier molecular flexibility index (Phi) is 4.03. The Morgan fingerprint density at radius 3 is 3.04 bits per heavy atom. The molecule has 6 heteroatoms. The van der Waals surface area contributed by atoms with Gasteiger partial charge in [-0.1, -0.05) is 37.2 Å². The molecule has 2 aromatic heterocycles. The van der Waals surface area contributed by atoms with Crippen molar-refractivity contribution in [3.8, 4) is 0 Å². The van der Waals surface area contributed by atoms with Gasteiger partial charge in [0.15, 0.2) is 5.82 Å². The molecule has 1 N–H and O–H groups in total. The van der Waals surface area contributed by atoms with Gasteiger partial charge in [-0.25, -0.2) is 0 Å². The van der Waals surface area contributed by atoms with Gasteiger partial charge in [-0.05, 0) is 24.5 Å². The van der Waals surface area contributed by atoms with Crippen LogP contribution >= 0.6 is 0 Å². The van der Waals surface area contributed by atoms with E-state index in [2.05, 4.69) is 15.1 Å². The van der Waals surface area contributed by atoms with Crippen LogP contribution in [0.5, 0.6) is 0 Å². The third kappa shape index (κ3) is 2.92. The lowest BCUT2D eigenvalue weighted by Crippen LogP contribution is -2.32. The summed E-state index contributed by atoms with van der Waals surface area (Å²) in [5.74, 6) is 1.57. The van der Waals surface area contributed by atoms with Gasteiger partial charge < -0.3 is 14.4 Å². The smallest absolute Gasteiger partial charge is 0.229 e. The van der Waals surface area contributed by atoms with Crippen LogP contribution < -0.4 is 0 Å². The third-order valence-electron chi connectivity index (χ3n) is 4.84. The lowest BCUT2D eigenvalue weighted by molar-refractivity contribution is -0.131. The Hall–Kier alpha value is -2.63. The van der Waals surface area contributed by atoms with E-state index in [9.17, 15) is 4.79 Å². The van der Waals surface area contributed by atoms with Crippen LogP contribution in [0.2, 0.25) is 0 Å². The molecule has 1 aromatic carbocycles. The summed E-state index contributed by atoms with van der Waals surface area (Å²) >= 11 is 0. The molecule has 6 nitrogen and oxygen atoms in total. The van der Waals surface area contributed by atoms with E-state index in [-0.39, 0.29) is 17.9 Å². The van der Waals surface area contributed by atoms with Crippen LogP contribution in [0.1, 0.15) is 55.9 Å². The van der Waals surface area contributed by atoms with Gasteiger partial charge in [0.2, 0.25) is 11.8 Å². The highest BCUT2D eigenvalue weighted by Crippen LogP contribution is 2.32. The standard InChI is InChI=1S/C19H22N4O2/c1-12(2)19-21-18(22-25-19)16-8-5-9-23(16)17(24)10-13-11-20-15-7-4-3-6-14(13)15/h3-4,6-7,11-12,16,20H,5,8-10H2,1-2H3. The number of likely N-dealkylation sites (tertiary alicyclic amines) is 1. The maximum Gasteiger partial charge on any atom is 0.229 e. The lowest BCUT2D eigenvalue weighted by atomic mass is 10.1. The Morgan fingerprint density at radius 1 is 1.40 bits per heavy atom. The average molecular weight is 338 g/mol. The Morgan fingerprint density at radius 2 is 2.24 bits per heavy atom. The molecule has 3 heterocycles. The number of para-hydroxylation sites is 1. The maximum atomic E-state index is 12.9. The summed E-state index contributed by atoms with van der Waals surface area (Å²) in [4.78, 5) is 22.5. The predicted octanol–water partition coefficient (Wildman–Crippen LogP) is 3.58. The van der Waals surface area contributed by atoms with Crippen LogP contribution in [0.25, 0.3) is 10.9 Å². The SMILES string of the molecule is CC(C)c1nc(C2CCCN2C(=O)Cc2c[nH]c3ccccc23)no1. The predicted molar refractivity (Wildman–Crippen MR) is 94.1 cm³/mol. The van der Waals surface area contributed by atoms with Crippen molar-refractivity contribution in [3.05, 3.63) is 47.7 Å². The van der Waals surface area contributed by atoms with Gasteiger partial charge in [-0.3, -0.25) is 4.79 Å². The second kappa shape index (κ2) is 6.35. The van der Waals surface area contributed by atoms with Crippen LogP contribution in [-0.2, 0) is 11.2 Å². The third-order valence-corrected chi connectivity index (χ3v) is 4.84. The molecular weight excluding hydrogens is 316 g/mol. The zero-order chi connectivity index (χ0) is 17.4. The first-order chi connectivity index (χ1) is 12.1. The minimum atomic E-state index is -0.0750. The fourth-order valence-corrected chi connectivity index (χ4v) is 3.49. The highest BCUT2D eigenvalue weighted by Gasteiger charge is 2.33. The number of nitrogens with zero attached hydrogens (tertiary/aromatic N) is 3. The normalized spacial score (nSPS) is 17.7. The molecule has 1 fully saturated rings. The van der Waals surface area contributed by atoms with E-state index >= 15 is 0 Å². The molecule has 4 rings (SSSR count). The van der Waals surface area contributed by atoms with Crippen molar-refractivity contribution in [1.29, 1.82) is 0 Å². The highest BCUT2D eigenvalue weighted by molar-refractivity contribution is 5.89. The summed E-state index contributed by atoms with van der Waals surface area (Å²) in [6.07, 6.45) is 4.17. The molecule has 1 unspecified atom stereocenters. The molecule has 3 aromatic rings. The summed E-state index contributed by atoms with van der Waals surface area (Å²) in [5, 5.41) is 5.22. The number of carbonyl (C=O) groups excluding carboxylic acids is 1. The van der Waals surface area contributed by atoms with Gasteiger partial charge in [-0.2, -0.15) is 4.98 Å². The summed E-state index contributed by atoms with van der Waals surface area (Å²) in [6, 6.07) is 7.98. The molecule has 25 heavy (non-hydrogen) atoms. The zero-order valence-electron chi connectivity index (χ0n) is 14.5. The number of benzene rings is 1. The minimum Gasteiger partial charge on any atom is -0.361 e. The minimum absolute atomic E-state index is 0.0750. The van der Waals surface area contributed by atoms with Crippen LogP contribution in [0.15, 0.2) is 35.0 Å². The van der Waals surface area contributed by atoms with E-state index < -0.39 is 0 Å². The quantitative estimate of drug-likeness (QED) is 0.789. The number of rotatable bonds is 4. The van der Waals surface area contributed by atoms with Crippen LogP contribution in [0.4, 0.5) is 0 Å². The summed E-state index contributed by atoms with van der Waals surface area (Å²) in [6.45, 7) is 4.79. The monoisotopic (exact) mass is 338 g/mol. The largest absolute Gasteiger partial charge is 0.361 e. The Balaban J connectivity index is 1.54. The molecule has 1 saturated heterocycles. The van der Waals surface area contributed by atoms with Crippen LogP contribution in [0.3, 0.4) is 0 Å². The first kappa shape index (κ1) is 15.9. The molecule has 130 valence electrons. The van der Waals surface area contributed by atoms with E-state index in [1.165, 1.54) is 0 Å². The van der Waals surface area contributed by atoms with Crippen molar-refractivity contribution in [2.45, 2.75) is 45.1 Å². The number of aromatic amines is 1. The summed E-state index contributed by atoms with van der Waals surface area (Å²) in [5.41, 5.74) is 2.09. The number of carbonyl (C=O) groups is 1. The molecule has 0 radical (unpaired) electrons. The van der Waals surface area contributed by atoms with Gasteiger partial charge in [0.1, 0.15) is 0 Å². The number of nitrogens with one attached hydrogen (secondary N) is 1. The lowest BCUT2D eigenvalue weighted by Gasteiger charge is -2.22. The molecule has 0 bridgehead atoms. The first-order valence-corrected chi connectivity index (χ1v) is 8.81. The second-order valence-electron chi connectivity index (χ2n) is 6.93. The van der Waals surface area contributed by atoms with Gasteiger partial charge in [0, 0.05) is 29.6 Å². The highest BCUT2D eigenvalue weighted by atomic mass is 16.5. The zero-order valence-corrected chi connectivity index (χ0v) is 14.5. The van der Waals surface area contributed by atoms with E-state index in [4.69, 9.17) is 4.52 Å². The molecule has 0 saturated carbocycles. The van der Waals surface area contributed by atoms with E-state index in [1.807, 2.05) is 49.2 Å². The fourth-order valence-electron chi connectivity index (χ4n) is 3.49. The van der Waals surface area contributed by atoms with Crippen LogP contribution in [0, 0.1) is 0 Å². The number of hydrogen-bond acceptors (Lipinski definition) is 4. The van der Waals surface area contributed by atoms with E-state index in [0.29, 0.717) is 18.1 Å². The van der Waals surface area contributed by atoms with Crippen molar-refractivity contribution in [2.75, 3.05) is 6.54 Å².